The van der Waals surface area contributed by atoms with Crippen LogP contribution < -0.4 is 5.32 Å². The van der Waals surface area contributed by atoms with Crippen LogP contribution in [0.5, 0.6) is 0 Å². The summed E-state index contributed by atoms with van der Waals surface area (Å²) in [7, 11) is 0. The van der Waals surface area contributed by atoms with E-state index in [1.165, 1.54) is 5.56 Å². The number of aryl methyl sites for hydroxylation is 1. The van der Waals surface area contributed by atoms with Crippen molar-refractivity contribution in [3.8, 4) is 0 Å². The van der Waals surface area contributed by atoms with Gasteiger partial charge in [-0.2, -0.15) is 11.3 Å². The van der Waals surface area contributed by atoms with Gasteiger partial charge in [-0.1, -0.05) is 6.92 Å². The monoisotopic (exact) mass is 247 g/mol. The molecule has 0 saturated heterocycles. The molecule has 17 heavy (non-hydrogen) atoms. The molecule has 2 aromatic rings. The summed E-state index contributed by atoms with van der Waals surface area (Å²) in [6.07, 6.45) is 4.70. The average Bonchev–Trinajstić information content (AvgIpc) is 2.82. The lowest BCUT2D eigenvalue weighted by Gasteiger charge is -2.15. The van der Waals surface area contributed by atoms with Gasteiger partial charge in [0.15, 0.2) is 0 Å². The zero-order valence-corrected chi connectivity index (χ0v) is 11.0. The molecule has 90 valence electrons. The first kappa shape index (κ1) is 12.2. The highest BCUT2D eigenvalue weighted by atomic mass is 32.1. The summed E-state index contributed by atoms with van der Waals surface area (Å²) in [5.74, 6) is 0.878. The molecular weight excluding hydrogens is 230 g/mol. The summed E-state index contributed by atoms with van der Waals surface area (Å²) in [5.41, 5.74) is 2.43. The number of hydrogen-bond donors (Lipinski definition) is 1. The minimum atomic E-state index is 0.204. The fraction of sp³-hybridized carbons (Fsp3) is 0.385. The molecule has 0 bridgehead atoms. The van der Waals surface area contributed by atoms with Crippen molar-refractivity contribution in [3.63, 3.8) is 0 Å². The Morgan fingerprint density at radius 3 is 2.71 bits per heavy atom. The molecule has 3 nitrogen and oxygen atoms in total. The Kier molecular flexibility index (Phi) is 4.23. The maximum absolute atomic E-state index is 4.41. The van der Waals surface area contributed by atoms with E-state index in [0.29, 0.717) is 0 Å². The van der Waals surface area contributed by atoms with Gasteiger partial charge in [-0.05, 0) is 47.8 Å². The van der Waals surface area contributed by atoms with E-state index in [0.717, 1.165) is 24.4 Å². The number of nitrogens with one attached hydrogen (secondary N) is 1. The van der Waals surface area contributed by atoms with Crippen LogP contribution in [-0.4, -0.2) is 16.5 Å². The predicted molar refractivity (Wildman–Crippen MR) is 71.2 cm³/mol. The Balaban J connectivity index is 2.13. The van der Waals surface area contributed by atoms with Gasteiger partial charge in [0.2, 0.25) is 0 Å². The van der Waals surface area contributed by atoms with Crippen LogP contribution in [0.15, 0.2) is 29.2 Å². The fourth-order valence-corrected chi connectivity index (χ4v) is 2.41. The zero-order chi connectivity index (χ0) is 12.1. The molecule has 1 atom stereocenters. The molecule has 0 amide bonds. The second-order valence-electron chi connectivity index (χ2n) is 4.06. The second-order valence-corrected chi connectivity index (χ2v) is 4.84. The smallest absolute Gasteiger partial charge is 0.145 e. The number of likely N-dealkylation sites (N-methyl/N-ethyl adjacent to an activating group) is 1. The summed E-state index contributed by atoms with van der Waals surface area (Å²) in [6, 6.07) is 2.36. The van der Waals surface area contributed by atoms with Gasteiger partial charge in [-0.25, -0.2) is 9.97 Å². The van der Waals surface area contributed by atoms with Crippen LogP contribution >= 0.6 is 11.3 Å². The first-order chi connectivity index (χ1) is 8.29. The largest absolute Gasteiger partial charge is 0.307 e. The third-order valence-electron chi connectivity index (χ3n) is 2.58. The average molecular weight is 247 g/mol. The summed E-state index contributed by atoms with van der Waals surface area (Å²) in [6.45, 7) is 5.03. The van der Waals surface area contributed by atoms with Gasteiger partial charge in [0.25, 0.3) is 0 Å². The summed E-state index contributed by atoms with van der Waals surface area (Å²) < 4.78 is 0. The maximum atomic E-state index is 4.41. The highest BCUT2D eigenvalue weighted by molar-refractivity contribution is 7.07. The van der Waals surface area contributed by atoms with Crippen LogP contribution in [0.2, 0.25) is 0 Å². The molecule has 0 aromatic carbocycles. The second kappa shape index (κ2) is 5.89. The van der Waals surface area contributed by atoms with Crippen LogP contribution in [0, 0.1) is 6.92 Å². The van der Waals surface area contributed by atoms with Crippen molar-refractivity contribution in [2.45, 2.75) is 26.3 Å². The highest BCUT2D eigenvalue weighted by Gasteiger charge is 2.13. The van der Waals surface area contributed by atoms with Gasteiger partial charge in [0.05, 0.1) is 6.04 Å². The van der Waals surface area contributed by atoms with Gasteiger partial charge < -0.3 is 5.32 Å². The van der Waals surface area contributed by atoms with Crippen molar-refractivity contribution in [1.82, 2.24) is 15.3 Å². The lowest BCUT2D eigenvalue weighted by atomic mass is 10.1. The van der Waals surface area contributed by atoms with Crippen molar-refractivity contribution in [3.05, 3.63) is 46.2 Å². The normalized spacial score (nSPS) is 12.6. The maximum Gasteiger partial charge on any atom is 0.145 e. The first-order valence-electron chi connectivity index (χ1n) is 5.82. The van der Waals surface area contributed by atoms with Crippen LogP contribution in [0.3, 0.4) is 0 Å². The SMILES string of the molecule is CCNC(Cc1ccsc1)c1ncc(C)cn1. The molecular formula is C13H17N3S. The van der Waals surface area contributed by atoms with Crippen molar-refractivity contribution < 1.29 is 0 Å². The summed E-state index contributed by atoms with van der Waals surface area (Å²) in [4.78, 5) is 8.82. The van der Waals surface area contributed by atoms with Crippen molar-refractivity contribution in [2.75, 3.05) is 6.54 Å². The summed E-state index contributed by atoms with van der Waals surface area (Å²) in [5, 5.41) is 7.72. The minimum absolute atomic E-state index is 0.204. The van der Waals surface area contributed by atoms with Gasteiger partial charge in [0, 0.05) is 12.4 Å². The van der Waals surface area contributed by atoms with Crippen molar-refractivity contribution in [1.29, 1.82) is 0 Å². The zero-order valence-electron chi connectivity index (χ0n) is 10.2. The lowest BCUT2D eigenvalue weighted by molar-refractivity contribution is 0.521. The highest BCUT2D eigenvalue weighted by Crippen LogP contribution is 2.17. The Bertz CT molecular complexity index is 436. The first-order valence-corrected chi connectivity index (χ1v) is 6.77. The standard InChI is InChI=1S/C13H17N3S/c1-3-14-12(6-11-4-5-17-9-11)13-15-7-10(2)8-16-13/h4-5,7-9,12,14H,3,6H2,1-2H3. The number of aromatic nitrogens is 2. The summed E-state index contributed by atoms with van der Waals surface area (Å²) >= 11 is 1.73. The molecule has 0 radical (unpaired) electrons. The molecule has 0 saturated carbocycles. The van der Waals surface area contributed by atoms with E-state index in [9.17, 15) is 0 Å². The van der Waals surface area contributed by atoms with E-state index in [1.54, 1.807) is 11.3 Å². The van der Waals surface area contributed by atoms with E-state index in [4.69, 9.17) is 0 Å². The Labute approximate surface area is 106 Å². The molecule has 2 rings (SSSR count). The molecule has 0 aliphatic heterocycles. The van der Waals surface area contributed by atoms with E-state index < -0.39 is 0 Å². The lowest BCUT2D eigenvalue weighted by Crippen LogP contribution is -2.24. The third kappa shape index (κ3) is 3.35. The van der Waals surface area contributed by atoms with Gasteiger partial charge in [0.1, 0.15) is 5.82 Å². The quantitative estimate of drug-likeness (QED) is 0.883. The number of thiophene rings is 1. The molecule has 4 heteroatoms. The fourth-order valence-electron chi connectivity index (χ4n) is 1.73. The molecule has 0 fully saturated rings. The molecule has 0 aliphatic rings. The van der Waals surface area contributed by atoms with Crippen molar-refractivity contribution in [2.24, 2.45) is 0 Å². The Hall–Kier alpha value is -1.26. The van der Waals surface area contributed by atoms with Crippen LogP contribution in [0.1, 0.15) is 29.9 Å². The topological polar surface area (TPSA) is 37.8 Å². The van der Waals surface area contributed by atoms with Gasteiger partial charge in [-0.15, -0.1) is 0 Å². The Morgan fingerprint density at radius 1 is 1.35 bits per heavy atom. The Morgan fingerprint density at radius 2 is 2.12 bits per heavy atom. The minimum Gasteiger partial charge on any atom is -0.307 e. The number of hydrogen-bond acceptors (Lipinski definition) is 4. The molecule has 1 N–H and O–H groups in total. The van der Waals surface area contributed by atoms with Gasteiger partial charge >= 0.3 is 0 Å². The molecule has 2 heterocycles. The van der Waals surface area contributed by atoms with E-state index in [2.05, 4.69) is 39.0 Å². The van der Waals surface area contributed by atoms with Crippen LogP contribution in [0.25, 0.3) is 0 Å². The van der Waals surface area contributed by atoms with Crippen molar-refractivity contribution >= 4 is 11.3 Å². The molecule has 0 spiro atoms. The predicted octanol–water partition coefficient (Wildman–Crippen LogP) is 2.74. The van der Waals surface area contributed by atoms with E-state index >= 15 is 0 Å². The molecule has 0 aliphatic carbocycles. The van der Waals surface area contributed by atoms with Crippen LogP contribution in [-0.2, 0) is 6.42 Å². The molecule has 1 unspecified atom stereocenters. The van der Waals surface area contributed by atoms with E-state index in [-0.39, 0.29) is 6.04 Å². The third-order valence-corrected chi connectivity index (χ3v) is 3.32. The molecule has 2 aromatic heterocycles. The number of rotatable bonds is 5. The van der Waals surface area contributed by atoms with E-state index in [1.807, 2.05) is 19.3 Å². The van der Waals surface area contributed by atoms with Crippen LogP contribution in [0.4, 0.5) is 0 Å². The number of nitrogens with zero attached hydrogens (tertiary/aromatic N) is 2. The van der Waals surface area contributed by atoms with Gasteiger partial charge in [-0.3, -0.25) is 0 Å².